The molecule has 0 aromatic carbocycles. The third-order valence-electron chi connectivity index (χ3n) is 4.18. The van der Waals surface area contributed by atoms with E-state index in [1.807, 2.05) is 51.9 Å². The van der Waals surface area contributed by atoms with Gasteiger partial charge >= 0.3 is 7.12 Å². The molecule has 4 N–H and O–H groups in total. The molecule has 1 atom stereocenters. The first-order valence-corrected chi connectivity index (χ1v) is 7.21. The van der Waals surface area contributed by atoms with Gasteiger partial charge in [0, 0.05) is 12.7 Å². The Labute approximate surface area is 126 Å². The van der Waals surface area contributed by atoms with Gasteiger partial charge in [0.05, 0.1) is 22.9 Å². The maximum atomic E-state index is 5.98. The molecule has 0 saturated carbocycles. The zero-order valence-electron chi connectivity index (χ0n) is 13.2. The minimum absolute atomic E-state index is 0.274. The van der Waals surface area contributed by atoms with Gasteiger partial charge in [-0.2, -0.15) is 0 Å². The maximum Gasteiger partial charge on any atom is 0.487 e. The molecule has 6 heteroatoms. The molecule has 0 bridgehead atoms. The summed E-state index contributed by atoms with van der Waals surface area (Å²) in [5.74, 6) is 1.89. The Morgan fingerprint density at radius 2 is 1.90 bits per heavy atom. The summed E-state index contributed by atoms with van der Waals surface area (Å²) in [6, 6.07) is 3.56. The molecule has 1 aromatic heterocycles. The van der Waals surface area contributed by atoms with E-state index in [1.54, 1.807) is 6.20 Å². The number of hydrogen-bond acceptors (Lipinski definition) is 5. The lowest BCUT2D eigenvalue weighted by Gasteiger charge is -2.32. The van der Waals surface area contributed by atoms with Gasteiger partial charge in [-0.1, -0.05) is 18.1 Å². The molecule has 2 rings (SSSR count). The van der Waals surface area contributed by atoms with Crippen molar-refractivity contribution in [2.24, 2.45) is 11.5 Å². The van der Waals surface area contributed by atoms with Crippen molar-refractivity contribution in [3.05, 3.63) is 35.6 Å². The van der Waals surface area contributed by atoms with Crippen molar-refractivity contribution in [2.75, 3.05) is 6.54 Å². The van der Waals surface area contributed by atoms with Crippen molar-refractivity contribution in [3.63, 3.8) is 0 Å². The van der Waals surface area contributed by atoms with Crippen LogP contribution in [-0.2, 0) is 9.31 Å². The third-order valence-corrected chi connectivity index (χ3v) is 4.18. The van der Waals surface area contributed by atoms with E-state index in [-0.39, 0.29) is 24.4 Å². The second kappa shape index (κ2) is 5.89. The molecule has 1 fully saturated rings. The van der Waals surface area contributed by atoms with Crippen LogP contribution in [0.4, 0.5) is 0 Å². The predicted molar refractivity (Wildman–Crippen MR) is 85.3 cm³/mol. The standard InChI is InChI=1S/C15H24BN3O2/c1-14(2)15(3,4)21-16(20-14)8-7-11-6-5-9-19-13(11)12(18)10-17/h5-9,12H,10,17-18H2,1-4H3/b8-7+/t12-/m1/s1. The summed E-state index contributed by atoms with van der Waals surface area (Å²) in [6.07, 6.45) is 3.65. The summed E-state index contributed by atoms with van der Waals surface area (Å²) in [6.45, 7) is 8.47. The number of rotatable bonds is 4. The Kier molecular flexibility index (Phi) is 4.53. The number of nitrogens with two attached hydrogens (primary N) is 2. The summed E-state index contributed by atoms with van der Waals surface area (Å²) in [7, 11) is -0.378. The van der Waals surface area contributed by atoms with Gasteiger partial charge in [0.15, 0.2) is 0 Å². The Morgan fingerprint density at radius 1 is 1.29 bits per heavy atom. The van der Waals surface area contributed by atoms with Crippen LogP contribution < -0.4 is 11.5 Å². The van der Waals surface area contributed by atoms with Crippen LogP contribution in [0.2, 0.25) is 0 Å². The van der Waals surface area contributed by atoms with E-state index >= 15 is 0 Å². The molecule has 1 aliphatic heterocycles. The first-order chi connectivity index (χ1) is 9.77. The first-order valence-electron chi connectivity index (χ1n) is 7.21. The summed E-state index contributed by atoms with van der Waals surface area (Å²) in [4.78, 5) is 4.31. The summed E-state index contributed by atoms with van der Waals surface area (Å²) in [5.41, 5.74) is 12.6. The maximum absolute atomic E-state index is 5.98. The van der Waals surface area contributed by atoms with Crippen LogP contribution >= 0.6 is 0 Å². The smallest absolute Gasteiger partial charge is 0.400 e. The van der Waals surface area contributed by atoms with Crippen molar-refractivity contribution in [1.82, 2.24) is 4.98 Å². The SMILES string of the molecule is CC1(C)OB(/C=C/c2cccnc2[C@H](N)CN)OC1(C)C. The van der Waals surface area contributed by atoms with Crippen molar-refractivity contribution in [2.45, 2.75) is 44.9 Å². The zero-order chi connectivity index (χ0) is 15.7. The largest absolute Gasteiger partial charge is 0.487 e. The molecule has 2 heterocycles. The van der Waals surface area contributed by atoms with Crippen LogP contribution in [0, 0.1) is 0 Å². The molecule has 0 amide bonds. The molecule has 1 saturated heterocycles. The summed E-state index contributed by atoms with van der Waals surface area (Å²) in [5, 5.41) is 0. The Morgan fingerprint density at radius 3 is 2.48 bits per heavy atom. The fraction of sp³-hybridized carbons (Fsp3) is 0.533. The van der Waals surface area contributed by atoms with Gasteiger partial charge in [0.2, 0.25) is 0 Å². The van der Waals surface area contributed by atoms with Gasteiger partial charge in [-0.15, -0.1) is 0 Å². The highest BCUT2D eigenvalue weighted by molar-refractivity contribution is 6.52. The van der Waals surface area contributed by atoms with Gasteiger partial charge in [-0.05, 0) is 39.3 Å². The summed E-state index contributed by atoms with van der Waals surface area (Å²) < 4.78 is 11.9. The highest BCUT2D eigenvalue weighted by Crippen LogP contribution is 2.37. The highest BCUT2D eigenvalue weighted by atomic mass is 16.7. The van der Waals surface area contributed by atoms with E-state index in [9.17, 15) is 0 Å². The van der Waals surface area contributed by atoms with Gasteiger partial charge in [0.1, 0.15) is 0 Å². The van der Waals surface area contributed by atoms with Crippen LogP contribution in [-0.4, -0.2) is 29.8 Å². The minimum Gasteiger partial charge on any atom is -0.400 e. The average Bonchev–Trinajstić information content (AvgIpc) is 2.64. The number of pyridine rings is 1. The molecular weight excluding hydrogens is 265 g/mol. The van der Waals surface area contributed by atoms with E-state index in [0.29, 0.717) is 6.54 Å². The number of nitrogens with zero attached hydrogens (tertiary/aromatic N) is 1. The Balaban J connectivity index is 2.17. The van der Waals surface area contributed by atoms with E-state index < -0.39 is 0 Å². The fourth-order valence-corrected chi connectivity index (χ4v) is 2.14. The van der Waals surface area contributed by atoms with E-state index in [0.717, 1.165) is 11.3 Å². The third kappa shape index (κ3) is 3.35. The van der Waals surface area contributed by atoms with E-state index in [2.05, 4.69) is 4.98 Å². The van der Waals surface area contributed by atoms with Crippen molar-refractivity contribution in [1.29, 1.82) is 0 Å². The molecule has 114 valence electrons. The molecule has 5 nitrogen and oxygen atoms in total. The van der Waals surface area contributed by atoms with Gasteiger partial charge in [-0.3, -0.25) is 4.98 Å². The normalized spacial score (nSPS) is 21.9. The molecule has 0 radical (unpaired) electrons. The molecule has 0 spiro atoms. The Bertz CT molecular complexity index is 515. The fourth-order valence-electron chi connectivity index (χ4n) is 2.14. The lowest BCUT2D eigenvalue weighted by molar-refractivity contribution is 0.00578. The zero-order valence-corrected chi connectivity index (χ0v) is 13.2. The van der Waals surface area contributed by atoms with Crippen molar-refractivity contribution in [3.8, 4) is 0 Å². The topological polar surface area (TPSA) is 83.4 Å². The Hall–Kier alpha value is -1.21. The van der Waals surface area contributed by atoms with Crippen LogP contribution in [0.3, 0.4) is 0 Å². The quantitative estimate of drug-likeness (QED) is 0.824. The average molecular weight is 289 g/mol. The predicted octanol–water partition coefficient (Wildman–Crippen LogP) is 1.68. The van der Waals surface area contributed by atoms with Gasteiger partial charge in [0.25, 0.3) is 0 Å². The molecule has 0 unspecified atom stereocenters. The molecule has 21 heavy (non-hydrogen) atoms. The lowest BCUT2D eigenvalue weighted by Crippen LogP contribution is -2.41. The number of aromatic nitrogens is 1. The highest BCUT2D eigenvalue weighted by Gasteiger charge is 2.50. The van der Waals surface area contributed by atoms with Gasteiger partial charge in [-0.25, -0.2) is 0 Å². The lowest BCUT2D eigenvalue weighted by atomic mass is 9.88. The minimum atomic E-state index is -0.378. The second-order valence-corrected chi connectivity index (χ2v) is 6.30. The summed E-state index contributed by atoms with van der Waals surface area (Å²) >= 11 is 0. The molecule has 1 aliphatic rings. The van der Waals surface area contributed by atoms with E-state index in [1.165, 1.54) is 0 Å². The molecular formula is C15H24BN3O2. The van der Waals surface area contributed by atoms with Crippen LogP contribution in [0.15, 0.2) is 24.3 Å². The monoisotopic (exact) mass is 289 g/mol. The molecule has 1 aromatic rings. The van der Waals surface area contributed by atoms with Crippen molar-refractivity contribution < 1.29 is 9.31 Å². The molecule has 0 aliphatic carbocycles. The first kappa shape index (κ1) is 16.2. The van der Waals surface area contributed by atoms with Crippen LogP contribution in [0.5, 0.6) is 0 Å². The van der Waals surface area contributed by atoms with Crippen LogP contribution in [0.1, 0.15) is 45.0 Å². The number of hydrogen-bond donors (Lipinski definition) is 2. The second-order valence-electron chi connectivity index (χ2n) is 6.30. The van der Waals surface area contributed by atoms with Crippen molar-refractivity contribution >= 4 is 13.2 Å². The van der Waals surface area contributed by atoms with E-state index in [4.69, 9.17) is 20.8 Å². The van der Waals surface area contributed by atoms with Crippen LogP contribution in [0.25, 0.3) is 6.08 Å². The van der Waals surface area contributed by atoms with Gasteiger partial charge < -0.3 is 20.8 Å².